The molecule has 8 heteroatoms. The lowest BCUT2D eigenvalue weighted by atomic mass is 10.2. The summed E-state index contributed by atoms with van der Waals surface area (Å²) in [6, 6.07) is 0.0540. The maximum atomic E-state index is 11.7. The highest BCUT2D eigenvalue weighted by atomic mass is 35.5. The van der Waals surface area contributed by atoms with Crippen LogP contribution in [-0.4, -0.2) is 57.7 Å². The van der Waals surface area contributed by atoms with Crippen molar-refractivity contribution in [2.24, 2.45) is 0 Å². The fourth-order valence-electron chi connectivity index (χ4n) is 1.53. The van der Waals surface area contributed by atoms with Gasteiger partial charge >= 0.3 is 0 Å². The van der Waals surface area contributed by atoms with Gasteiger partial charge in [0.15, 0.2) is 0 Å². The molecule has 96 valence electrons. The highest BCUT2D eigenvalue weighted by Crippen LogP contribution is 2.03. The van der Waals surface area contributed by atoms with Crippen LogP contribution >= 0.6 is 12.4 Å². The average molecular weight is 272 g/mol. The van der Waals surface area contributed by atoms with Gasteiger partial charge in [0.25, 0.3) is 0 Å². The van der Waals surface area contributed by atoms with E-state index in [9.17, 15) is 13.2 Å². The molecule has 0 radical (unpaired) electrons. The molecule has 0 spiro atoms. The van der Waals surface area contributed by atoms with Crippen LogP contribution in [0.4, 0.5) is 0 Å². The largest absolute Gasteiger partial charge is 0.337 e. The standard InChI is InChI=1S/C8H17N3O3S.ClH/c1-7-5-10-3-4-11(7)8(12)6-15(13,14)9-2;/h7,9-10H,3-6H2,1-2H3;1H/t7-;/m0./s1. The first kappa shape index (κ1) is 15.6. The molecule has 1 atom stereocenters. The van der Waals surface area contributed by atoms with Gasteiger partial charge in [-0.3, -0.25) is 4.79 Å². The van der Waals surface area contributed by atoms with Gasteiger partial charge in [0.2, 0.25) is 15.9 Å². The molecule has 1 saturated heterocycles. The van der Waals surface area contributed by atoms with Crippen LogP contribution in [0, 0.1) is 0 Å². The zero-order chi connectivity index (χ0) is 11.5. The third kappa shape index (κ3) is 4.25. The fourth-order valence-corrected chi connectivity index (χ4v) is 2.16. The van der Waals surface area contributed by atoms with Gasteiger partial charge in [-0.1, -0.05) is 0 Å². The van der Waals surface area contributed by atoms with E-state index in [0.717, 1.165) is 6.54 Å². The third-order valence-electron chi connectivity index (χ3n) is 2.45. The molecule has 0 aromatic carbocycles. The first-order chi connectivity index (χ1) is 6.96. The van der Waals surface area contributed by atoms with Crippen molar-refractivity contribution < 1.29 is 13.2 Å². The van der Waals surface area contributed by atoms with Crippen molar-refractivity contribution >= 4 is 28.3 Å². The summed E-state index contributed by atoms with van der Waals surface area (Å²) in [5.74, 6) is -0.799. The molecule has 1 amide bonds. The quantitative estimate of drug-likeness (QED) is 0.674. The summed E-state index contributed by atoms with van der Waals surface area (Å²) in [6.45, 7) is 3.90. The van der Waals surface area contributed by atoms with Crippen molar-refractivity contribution in [1.29, 1.82) is 0 Å². The highest BCUT2D eigenvalue weighted by molar-refractivity contribution is 7.90. The maximum absolute atomic E-state index is 11.7. The Morgan fingerprint density at radius 3 is 2.69 bits per heavy atom. The predicted octanol–water partition coefficient (Wildman–Crippen LogP) is -1.22. The number of carbonyl (C=O) groups is 1. The summed E-state index contributed by atoms with van der Waals surface area (Å²) in [5, 5.41) is 3.14. The van der Waals surface area contributed by atoms with Gasteiger partial charge in [-0.15, -0.1) is 12.4 Å². The number of rotatable bonds is 3. The Hall–Kier alpha value is -0.370. The molecule has 0 aromatic heterocycles. The Kier molecular flexibility index (Phi) is 6.24. The molecule has 0 aliphatic carbocycles. The normalized spacial score (nSPS) is 21.4. The number of sulfonamides is 1. The summed E-state index contributed by atoms with van der Waals surface area (Å²) in [5.41, 5.74) is 0. The number of amides is 1. The van der Waals surface area contributed by atoms with Crippen molar-refractivity contribution in [3.8, 4) is 0 Å². The monoisotopic (exact) mass is 271 g/mol. The van der Waals surface area contributed by atoms with E-state index >= 15 is 0 Å². The van der Waals surface area contributed by atoms with E-state index in [1.807, 2.05) is 6.92 Å². The van der Waals surface area contributed by atoms with Gasteiger partial charge in [0.1, 0.15) is 5.75 Å². The number of halogens is 1. The molecule has 1 heterocycles. The second-order valence-corrected chi connectivity index (χ2v) is 5.53. The molecule has 1 aliphatic heterocycles. The molecular formula is C8H18ClN3O3S. The third-order valence-corrected chi connectivity index (χ3v) is 3.70. The van der Waals surface area contributed by atoms with Crippen molar-refractivity contribution in [3.05, 3.63) is 0 Å². The van der Waals surface area contributed by atoms with Gasteiger partial charge in [-0.05, 0) is 14.0 Å². The molecule has 1 rings (SSSR count). The highest BCUT2D eigenvalue weighted by Gasteiger charge is 2.26. The Bertz CT molecular complexity index is 333. The van der Waals surface area contributed by atoms with Crippen molar-refractivity contribution in [1.82, 2.24) is 14.9 Å². The average Bonchev–Trinajstić information content (AvgIpc) is 2.17. The zero-order valence-electron chi connectivity index (χ0n) is 9.39. The molecule has 0 aromatic rings. The van der Waals surface area contributed by atoms with Crippen LogP contribution in [0.1, 0.15) is 6.92 Å². The van der Waals surface area contributed by atoms with Crippen LogP contribution < -0.4 is 10.0 Å². The van der Waals surface area contributed by atoms with Gasteiger partial charge < -0.3 is 10.2 Å². The summed E-state index contributed by atoms with van der Waals surface area (Å²) in [6.07, 6.45) is 0. The fraction of sp³-hybridized carbons (Fsp3) is 0.875. The SMILES string of the molecule is CNS(=O)(=O)CC(=O)N1CCNC[C@@H]1C.Cl. The van der Waals surface area contributed by atoms with Crippen molar-refractivity contribution in [3.63, 3.8) is 0 Å². The van der Waals surface area contributed by atoms with Crippen LogP contribution in [0.25, 0.3) is 0 Å². The van der Waals surface area contributed by atoms with Crippen LogP contribution in [0.5, 0.6) is 0 Å². The van der Waals surface area contributed by atoms with Crippen LogP contribution in [0.15, 0.2) is 0 Å². The van der Waals surface area contributed by atoms with Crippen molar-refractivity contribution in [2.45, 2.75) is 13.0 Å². The van der Waals surface area contributed by atoms with E-state index in [2.05, 4.69) is 10.0 Å². The number of carbonyl (C=O) groups excluding carboxylic acids is 1. The Balaban J connectivity index is 0.00000225. The van der Waals surface area contributed by atoms with E-state index in [1.54, 1.807) is 4.90 Å². The zero-order valence-corrected chi connectivity index (χ0v) is 11.0. The number of piperazine rings is 1. The van der Waals surface area contributed by atoms with E-state index in [-0.39, 0.29) is 24.4 Å². The van der Waals surface area contributed by atoms with E-state index in [1.165, 1.54) is 7.05 Å². The predicted molar refractivity (Wildman–Crippen MR) is 64.1 cm³/mol. The van der Waals surface area contributed by atoms with Crippen molar-refractivity contribution in [2.75, 3.05) is 32.4 Å². The first-order valence-electron chi connectivity index (χ1n) is 4.87. The van der Waals surface area contributed by atoms with Gasteiger partial charge in [-0.25, -0.2) is 13.1 Å². The second-order valence-electron chi connectivity index (χ2n) is 3.60. The molecule has 0 saturated carbocycles. The van der Waals surface area contributed by atoms with Gasteiger partial charge in [0.05, 0.1) is 0 Å². The smallest absolute Gasteiger partial charge is 0.239 e. The van der Waals surface area contributed by atoms with E-state index in [0.29, 0.717) is 13.1 Å². The molecule has 2 N–H and O–H groups in total. The summed E-state index contributed by atoms with van der Waals surface area (Å²) >= 11 is 0. The van der Waals surface area contributed by atoms with Gasteiger partial charge in [0, 0.05) is 25.7 Å². The Morgan fingerprint density at radius 1 is 1.56 bits per heavy atom. The lowest BCUT2D eigenvalue weighted by molar-refractivity contribution is -0.131. The lowest BCUT2D eigenvalue weighted by Crippen LogP contribution is -2.54. The molecule has 0 bridgehead atoms. The van der Waals surface area contributed by atoms with E-state index < -0.39 is 15.8 Å². The lowest BCUT2D eigenvalue weighted by Gasteiger charge is -2.33. The van der Waals surface area contributed by atoms with Crippen LogP contribution in [0.2, 0.25) is 0 Å². The number of hydrogen-bond acceptors (Lipinski definition) is 4. The minimum Gasteiger partial charge on any atom is -0.337 e. The molecule has 1 aliphatic rings. The number of nitrogens with one attached hydrogen (secondary N) is 2. The first-order valence-corrected chi connectivity index (χ1v) is 6.53. The summed E-state index contributed by atoms with van der Waals surface area (Å²) in [4.78, 5) is 13.3. The summed E-state index contributed by atoms with van der Waals surface area (Å²) in [7, 11) is -2.14. The van der Waals surface area contributed by atoms with E-state index in [4.69, 9.17) is 0 Å². The number of hydrogen-bond donors (Lipinski definition) is 2. The second kappa shape index (κ2) is 6.39. The molecule has 0 unspecified atom stereocenters. The van der Waals surface area contributed by atoms with Crippen LogP contribution in [0.3, 0.4) is 0 Å². The number of nitrogens with zero attached hydrogens (tertiary/aromatic N) is 1. The molecule has 6 nitrogen and oxygen atoms in total. The van der Waals surface area contributed by atoms with Gasteiger partial charge in [-0.2, -0.15) is 0 Å². The molecule has 16 heavy (non-hydrogen) atoms. The minimum absolute atomic E-state index is 0. The Morgan fingerprint density at radius 2 is 2.19 bits per heavy atom. The van der Waals surface area contributed by atoms with Crippen LogP contribution in [-0.2, 0) is 14.8 Å². The Labute approximate surface area is 102 Å². The topological polar surface area (TPSA) is 78.5 Å². The molecular weight excluding hydrogens is 254 g/mol. The molecule has 1 fully saturated rings. The minimum atomic E-state index is -3.45. The maximum Gasteiger partial charge on any atom is 0.239 e. The summed E-state index contributed by atoms with van der Waals surface area (Å²) < 4.78 is 24.5.